The van der Waals surface area contributed by atoms with E-state index in [-0.39, 0.29) is 18.4 Å². The van der Waals surface area contributed by atoms with Gasteiger partial charge in [-0.2, -0.15) is 4.98 Å². The van der Waals surface area contributed by atoms with Crippen LogP contribution < -0.4 is 10.1 Å². The molecule has 20 heavy (non-hydrogen) atoms. The molecule has 2 heterocycles. The molecule has 0 bridgehead atoms. The van der Waals surface area contributed by atoms with E-state index in [4.69, 9.17) is 9.26 Å². The van der Waals surface area contributed by atoms with Crippen molar-refractivity contribution in [2.75, 3.05) is 6.54 Å². The molecule has 1 atom stereocenters. The highest BCUT2D eigenvalue weighted by atomic mass is 35.5. The molecule has 0 saturated carbocycles. The van der Waals surface area contributed by atoms with E-state index in [1.54, 1.807) is 0 Å². The van der Waals surface area contributed by atoms with Gasteiger partial charge < -0.3 is 14.6 Å². The van der Waals surface area contributed by atoms with Gasteiger partial charge in [0.1, 0.15) is 5.75 Å². The minimum absolute atomic E-state index is 0. The first-order chi connectivity index (χ1) is 9.31. The van der Waals surface area contributed by atoms with Crippen LogP contribution in [0.5, 0.6) is 5.75 Å². The summed E-state index contributed by atoms with van der Waals surface area (Å²) in [6.07, 6.45) is 2.23. The van der Waals surface area contributed by atoms with E-state index in [1.807, 2.05) is 31.2 Å². The largest absolute Gasteiger partial charge is 0.484 e. The Morgan fingerprint density at radius 1 is 1.35 bits per heavy atom. The van der Waals surface area contributed by atoms with E-state index in [0.717, 1.165) is 31.0 Å². The molecule has 2 aromatic rings. The number of hydrogen-bond acceptors (Lipinski definition) is 5. The third kappa shape index (κ3) is 3.49. The second kappa shape index (κ2) is 6.72. The van der Waals surface area contributed by atoms with Crippen molar-refractivity contribution < 1.29 is 9.26 Å². The second-order valence-corrected chi connectivity index (χ2v) is 4.80. The average Bonchev–Trinajstić information content (AvgIpc) is 3.09. The fourth-order valence-corrected chi connectivity index (χ4v) is 2.15. The maximum atomic E-state index is 5.61. The van der Waals surface area contributed by atoms with Gasteiger partial charge in [-0.15, -0.1) is 12.4 Å². The fourth-order valence-electron chi connectivity index (χ4n) is 2.15. The third-order valence-corrected chi connectivity index (χ3v) is 3.24. The lowest BCUT2D eigenvalue weighted by molar-refractivity contribution is 0.242. The summed E-state index contributed by atoms with van der Waals surface area (Å²) in [7, 11) is 0. The van der Waals surface area contributed by atoms with Gasteiger partial charge >= 0.3 is 0 Å². The molecule has 3 rings (SSSR count). The molecule has 6 heteroatoms. The molecule has 1 aromatic carbocycles. The van der Waals surface area contributed by atoms with Gasteiger partial charge in [-0.05, 0) is 38.4 Å². The van der Waals surface area contributed by atoms with Crippen LogP contribution in [0.3, 0.4) is 0 Å². The molecular formula is C14H18ClN3O2. The predicted octanol–water partition coefficient (Wildman–Crippen LogP) is 2.80. The molecular weight excluding hydrogens is 278 g/mol. The summed E-state index contributed by atoms with van der Waals surface area (Å²) in [5.41, 5.74) is 1.21. The van der Waals surface area contributed by atoms with E-state index in [1.165, 1.54) is 5.56 Å². The Morgan fingerprint density at radius 3 is 2.85 bits per heavy atom. The van der Waals surface area contributed by atoms with E-state index in [9.17, 15) is 0 Å². The summed E-state index contributed by atoms with van der Waals surface area (Å²) < 4.78 is 10.8. The van der Waals surface area contributed by atoms with Gasteiger partial charge in [0.15, 0.2) is 12.4 Å². The molecule has 1 saturated heterocycles. The molecule has 1 fully saturated rings. The first-order valence-corrected chi connectivity index (χ1v) is 6.56. The van der Waals surface area contributed by atoms with Crippen LogP contribution in [0.2, 0.25) is 0 Å². The third-order valence-electron chi connectivity index (χ3n) is 3.24. The van der Waals surface area contributed by atoms with E-state index in [2.05, 4.69) is 15.5 Å². The van der Waals surface area contributed by atoms with Crippen molar-refractivity contribution in [3.8, 4) is 5.75 Å². The zero-order valence-corrected chi connectivity index (χ0v) is 12.2. The monoisotopic (exact) mass is 295 g/mol. The molecule has 0 amide bonds. The van der Waals surface area contributed by atoms with Crippen molar-refractivity contribution in [2.24, 2.45) is 0 Å². The topological polar surface area (TPSA) is 60.2 Å². The van der Waals surface area contributed by atoms with E-state index in [0.29, 0.717) is 12.5 Å². The Bertz CT molecular complexity index is 536. The normalized spacial score (nSPS) is 17.8. The van der Waals surface area contributed by atoms with Crippen LogP contribution in [0.25, 0.3) is 0 Å². The summed E-state index contributed by atoms with van der Waals surface area (Å²) in [6.45, 7) is 3.37. The van der Waals surface area contributed by atoms with Crippen molar-refractivity contribution in [3.05, 3.63) is 41.5 Å². The van der Waals surface area contributed by atoms with Crippen molar-refractivity contribution in [1.82, 2.24) is 15.5 Å². The Labute approximate surface area is 124 Å². The highest BCUT2D eigenvalue weighted by Gasteiger charge is 2.21. The minimum atomic E-state index is 0. The van der Waals surface area contributed by atoms with E-state index >= 15 is 0 Å². The number of aromatic nitrogens is 2. The highest BCUT2D eigenvalue weighted by Crippen LogP contribution is 2.20. The first-order valence-electron chi connectivity index (χ1n) is 6.56. The fraction of sp³-hybridized carbons (Fsp3) is 0.429. The number of rotatable bonds is 4. The van der Waals surface area contributed by atoms with Crippen LogP contribution in [0.15, 0.2) is 28.8 Å². The van der Waals surface area contributed by atoms with Crippen LogP contribution in [0, 0.1) is 6.92 Å². The average molecular weight is 296 g/mol. The molecule has 1 aliphatic heterocycles. The van der Waals surface area contributed by atoms with Crippen molar-refractivity contribution in [3.63, 3.8) is 0 Å². The summed E-state index contributed by atoms with van der Waals surface area (Å²) in [5.74, 6) is 2.06. The standard InChI is InChI=1S/C14H17N3O2.ClH/c1-10-4-6-11(7-5-10)18-9-13-16-14(17-19-13)12-3-2-8-15-12;/h4-7,12,15H,2-3,8-9H2,1H3;1H. The lowest BCUT2D eigenvalue weighted by atomic mass is 10.2. The number of halogens is 1. The smallest absolute Gasteiger partial charge is 0.264 e. The summed E-state index contributed by atoms with van der Waals surface area (Å²) in [6, 6.07) is 8.13. The van der Waals surface area contributed by atoms with E-state index < -0.39 is 0 Å². The number of nitrogens with zero attached hydrogens (tertiary/aromatic N) is 2. The van der Waals surface area contributed by atoms with Crippen molar-refractivity contribution in [2.45, 2.75) is 32.4 Å². The molecule has 108 valence electrons. The summed E-state index contributed by atoms with van der Waals surface area (Å²) >= 11 is 0. The molecule has 0 aliphatic carbocycles. The maximum absolute atomic E-state index is 5.61. The SMILES string of the molecule is Cc1ccc(OCc2nc(C3CCCN3)no2)cc1.Cl. The van der Waals surface area contributed by atoms with Crippen molar-refractivity contribution >= 4 is 12.4 Å². The Balaban J connectivity index is 0.00000147. The van der Waals surface area contributed by atoms with Crippen LogP contribution >= 0.6 is 12.4 Å². The van der Waals surface area contributed by atoms with Gasteiger partial charge in [-0.25, -0.2) is 0 Å². The van der Waals surface area contributed by atoms with Gasteiger partial charge in [0.2, 0.25) is 0 Å². The second-order valence-electron chi connectivity index (χ2n) is 4.80. The van der Waals surface area contributed by atoms with Crippen LogP contribution in [0.4, 0.5) is 0 Å². The van der Waals surface area contributed by atoms with Crippen LogP contribution in [0.1, 0.15) is 36.2 Å². The molecule has 5 nitrogen and oxygen atoms in total. The number of nitrogens with one attached hydrogen (secondary N) is 1. The number of ether oxygens (including phenoxy) is 1. The molecule has 1 aliphatic rings. The Morgan fingerprint density at radius 2 is 2.15 bits per heavy atom. The van der Waals surface area contributed by atoms with Crippen molar-refractivity contribution in [1.29, 1.82) is 0 Å². The first kappa shape index (κ1) is 14.8. The van der Waals surface area contributed by atoms with Gasteiger partial charge in [0.25, 0.3) is 5.89 Å². The molecule has 0 spiro atoms. The van der Waals surface area contributed by atoms with Gasteiger partial charge in [0, 0.05) is 0 Å². The zero-order chi connectivity index (χ0) is 13.1. The lowest BCUT2D eigenvalue weighted by Gasteiger charge is -2.03. The molecule has 1 unspecified atom stereocenters. The number of benzene rings is 1. The zero-order valence-electron chi connectivity index (χ0n) is 11.3. The highest BCUT2D eigenvalue weighted by molar-refractivity contribution is 5.85. The Kier molecular flexibility index (Phi) is 4.98. The lowest BCUT2D eigenvalue weighted by Crippen LogP contribution is -2.14. The quantitative estimate of drug-likeness (QED) is 0.940. The molecule has 1 aromatic heterocycles. The Hall–Kier alpha value is -1.59. The molecule has 1 N–H and O–H groups in total. The van der Waals surface area contributed by atoms with Gasteiger partial charge in [-0.1, -0.05) is 22.9 Å². The van der Waals surface area contributed by atoms with Crippen LogP contribution in [-0.4, -0.2) is 16.7 Å². The number of aryl methyl sites for hydroxylation is 1. The van der Waals surface area contributed by atoms with Gasteiger partial charge in [0.05, 0.1) is 6.04 Å². The maximum Gasteiger partial charge on any atom is 0.264 e. The predicted molar refractivity (Wildman–Crippen MR) is 77.0 cm³/mol. The van der Waals surface area contributed by atoms with Crippen LogP contribution in [-0.2, 0) is 6.61 Å². The summed E-state index contributed by atoms with van der Waals surface area (Å²) in [4.78, 5) is 4.36. The number of hydrogen-bond donors (Lipinski definition) is 1. The molecule has 0 radical (unpaired) electrons. The summed E-state index contributed by atoms with van der Waals surface area (Å²) in [5, 5.41) is 7.34. The minimum Gasteiger partial charge on any atom is -0.484 e. The van der Waals surface area contributed by atoms with Gasteiger partial charge in [-0.3, -0.25) is 0 Å².